The maximum absolute atomic E-state index is 5.97. The van der Waals surface area contributed by atoms with Crippen LogP contribution in [0.3, 0.4) is 0 Å². The second-order valence-corrected chi connectivity index (χ2v) is 8.04. The lowest BCUT2D eigenvalue weighted by molar-refractivity contribution is 0.0376. The molecule has 2 aromatic rings. The second-order valence-electron chi connectivity index (χ2n) is 6.43. The van der Waals surface area contributed by atoms with Gasteiger partial charge in [0.25, 0.3) is 0 Å². The predicted octanol–water partition coefficient (Wildman–Crippen LogP) is 4.66. The number of ether oxygens (including phenoxy) is 1. The third-order valence-electron chi connectivity index (χ3n) is 4.57. The van der Waals surface area contributed by atoms with E-state index in [4.69, 9.17) is 16.3 Å². The summed E-state index contributed by atoms with van der Waals surface area (Å²) in [4.78, 5) is 6.29. The maximum atomic E-state index is 5.97. The zero-order valence-electron chi connectivity index (χ0n) is 15.1. The van der Waals surface area contributed by atoms with Crippen molar-refractivity contribution in [2.75, 3.05) is 56.6 Å². The Labute approximate surface area is 166 Å². The molecule has 1 saturated heterocycles. The molecule has 0 aliphatic carbocycles. The van der Waals surface area contributed by atoms with Crippen molar-refractivity contribution in [3.8, 4) is 0 Å². The van der Waals surface area contributed by atoms with Crippen LogP contribution in [0.5, 0.6) is 0 Å². The molecule has 0 saturated carbocycles. The number of hydrogen-bond acceptors (Lipinski definition) is 4. The van der Waals surface area contributed by atoms with Crippen LogP contribution in [-0.2, 0) is 4.74 Å². The van der Waals surface area contributed by atoms with Crippen molar-refractivity contribution in [2.24, 2.45) is 0 Å². The van der Waals surface area contributed by atoms with Gasteiger partial charge in [-0.15, -0.1) is 11.8 Å². The van der Waals surface area contributed by atoms with Gasteiger partial charge in [0.2, 0.25) is 0 Å². The van der Waals surface area contributed by atoms with Gasteiger partial charge in [0.05, 0.1) is 13.2 Å². The van der Waals surface area contributed by atoms with E-state index in [0.29, 0.717) is 0 Å². The van der Waals surface area contributed by atoms with Crippen LogP contribution in [0.4, 0.5) is 5.69 Å². The summed E-state index contributed by atoms with van der Waals surface area (Å²) in [6.07, 6.45) is 1.18. The molecule has 0 N–H and O–H groups in total. The lowest BCUT2D eigenvalue weighted by Gasteiger charge is -2.29. The first-order valence-electron chi connectivity index (χ1n) is 9.30. The molecule has 1 heterocycles. The normalized spacial score (nSPS) is 15.1. The van der Waals surface area contributed by atoms with E-state index in [9.17, 15) is 0 Å². The summed E-state index contributed by atoms with van der Waals surface area (Å²) in [5, 5.41) is 0.795. The molecule has 0 unspecified atom stereocenters. The van der Waals surface area contributed by atoms with Gasteiger partial charge < -0.3 is 9.64 Å². The van der Waals surface area contributed by atoms with Gasteiger partial charge in [-0.1, -0.05) is 29.8 Å². The zero-order chi connectivity index (χ0) is 18.0. The number of rotatable bonds is 9. The molecular formula is C21H27ClN2OS. The summed E-state index contributed by atoms with van der Waals surface area (Å²) in [6, 6.07) is 18.9. The van der Waals surface area contributed by atoms with E-state index in [2.05, 4.69) is 52.3 Å². The van der Waals surface area contributed by atoms with Crippen molar-refractivity contribution in [1.82, 2.24) is 4.90 Å². The molecule has 2 aromatic carbocycles. The summed E-state index contributed by atoms with van der Waals surface area (Å²) in [7, 11) is 0. The molecule has 0 atom stereocenters. The summed E-state index contributed by atoms with van der Waals surface area (Å²) < 4.78 is 5.44. The highest BCUT2D eigenvalue weighted by Gasteiger charge is 2.11. The molecule has 0 aromatic heterocycles. The van der Waals surface area contributed by atoms with Gasteiger partial charge in [0, 0.05) is 54.1 Å². The van der Waals surface area contributed by atoms with Crippen molar-refractivity contribution in [3.63, 3.8) is 0 Å². The molecule has 1 aliphatic heterocycles. The molecule has 5 heteroatoms. The van der Waals surface area contributed by atoms with Crippen LogP contribution in [0.25, 0.3) is 0 Å². The topological polar surface area (TPSA) is 15.7 Å². The third kappa shape index (κ3) is 6.51. The minimum Gasteiger partial charge on any atom is -0.379 e. The number of morpholine rings is 1. The average Bonchev–Trinajstić information content (AvgIpc) is 2.70. The standard InChI is InChI=1S/C21H27ClN2OS/c22-19-7-9-21(10-8-19)26-18-15-24(20-5-2-1-3-6-20)12-4-11-23-13-16-25-17-14-23/h1-3,5-10H,4,11-18H2. The van der Waals surface area contributed by atoms with Crippen LogP contribution in [0.1, 0.15) is 6.42 Å². The van der Waals surface area contributed by atoms with E-state index < -0.39 is 0 Å². The largest absolute Gasteiger partial charge is 0.379 e. The highest BCUT2D eigenvalue weighted by molar-refractivity contribution is 7.99. The summed E-state index contributed by atoms with van der Waals surface area (Å²) in [5.41, 5.74) is 1.31. The highest BCUT2D eigenvalue weighted by atomic mass is 35.5. The van der Waals surface area contributed by atoms with E-state index in [0.717, 1.165) is 56.7 Å². The Bertz CT molecular complexity index is 632. The number of halogens is 1. The van der Waals surface area contributed by atoms with Gasteiger partial charge in [0.15, 0.2) is 0 Å². The van der Waals surface area contributed by atoms with E-state index >= 15 is 0 Å². The Morgan fingerprint density at radius 1 is 0.962 bits per heavy atom. The molecule has 0 bridgehead atoms. The Morgan fingerprint density at radius 3 is 2.42 bits per heavy atom. The Hall–Kier alpha value is -1.20. The summed E-state index contributed by atoms with van der Waals surface area (Å²) in [5.74, 6) is 1.06. The molecule has 0 radical (unpaired) electrons. The number of thioether (sulfide) groups is 1. The highest BCUT2D eigenvalue weighted by Crippen LogP contribution is 2.22. The van der Waals surface area contributed by atoms with Gasteiger partial charge in [-0.25, -0.2) is 0 Å². The van der Waals surface area contributed by atoms with Crippen molar-refractivity contribution in [1.29, 1.82) is 0 Å². The Balaban J connectivity index is 1.49. The molecule has 0 amide bonds. The van der Waals surface area contributed by atoms with E-state index in [1.807, 2.05) is 23.9 Å². The number of hydrogen-bond donors (Lipinski definition) is 0. The maximum Gasteiger partial charge on any atom is 0.0594 e. The lowest BCUT2D eigenvalue weighted by atomic mass is 10.2. The van der Waals surface area contributed by atoms with E-state index in [-0.39, 0.29) is 0 Å². The van der Waals surface area contributed by atoms with Gasteiger partial charge >= 0.3 is 0 Å². The average molecular weight is 391 g/mol. The zero-order valence-corrected chi connectivity index (χ0v) is 16.7. The van der Waals surface area contributed by atoms with Crippen LogP contribution in [0.15, 0.2) is 59.5 Å². The van der Waals surface area contributed by atoms with Crippen LogP contribution in [-0.4, -0.2) is 56.6 Å². The minimum absolute atomic E-state index is 0.795. The van der Waals surface area contributed by atoms with Gasteiger partial charge in [-0.3, -0.25) is 4.90 Å². The number of para-hydroxylation sites is 1. The molecule has 140 valence electrons. The molecule has 1 aliphatic rings. The van der Waals surface area contributed by atoms with Gasteiger partial charge in [-0.2, -0.15) is 0 Å². The fraction of sp³-hybridized carbons (Fsp3) is 0.429. The molecule has 0 spiro atoms. The fourth-order valence-corrected chi connectivity index (χ4v) is 4.13. The Morgan fingerprint density at radius 2 is 1.69 bits per heavy atom. The van der Waals surface area contributed by atoms with Crippen molar-refractivity contribution in [3.05, 3.63) is 59.6 Å². The molecule has 3 rings (SSSR count). The van der Waals surface area contributed by atoms with E-state index in [1.54, 1.807) is 0 Å². The minimum atomic E-state index is 0.795. The molecule has 1 fully saturated rings. The summed E-state index contributed by atoms with van der Waals surface area (Å²) in [6.45, 7) is 7.16. The van der Waals surface area contributed by atoms with Crippen LogP contribution in [0.2, 0.25) is 5.02 Å². The quantitative estimate of drug-likeness (QED) is 0.578. The monoisotopic (exact) mass is 390 g/mol. The van der Waals surface area contributed by atoms with Gasteiger partial charge in [0.1, 0.15) is 0 Å². The number of benzene rings is 2. The van der Waals surface area contributed by atoms with E-state index in [1.165, 1.54) is 17.0 Å². The van der Waals surface area contributed by atoms with Crippen LogP contribution in [0, 0.1) is 0 Å². The Kier molecular flexibility index (Phi) is 8.15. The van der Waals surface area contributed by atoms with Crippen molar-refractivity contribution in [2.45, 2.75) is 11.3 Å². The first kappa shape index (κ1) is 19.6. The predicted molar refractivity (Wildman–Crippen MR) is 113 cm³/mol. The summed E-state index contributed by atoms with van der Waals surface area (Å²) >= 11 is 7.85. The van der Waals surface area contributed by atoms with Gasteiger partial charge in [-0.05, 0) is 42.8 Å². The number of anilines is 1. The first-order valence-corrected chi connectivity index (χ1v) is 10.7. The number of nitrogens with zero attached hydrogens (tertiary/aromatic N) is 2. The SMILES string of the molecule is Clc1ccc(SCCN(CCCN2CCOCC2)c2ccccc2)cc1. The fourth-order valence-electron chi connectivity index (χ4n) is 3.12. The van der Waals surface area contributed by atoms with Crippen LogP contribution >= 0.6 is 23.4 Å². The first-order chi connectivity index (χ1) is 12.8. The third-order valence-corrected chi connectivity index (χ3v) is 5.82. The smallest absolute Gasteiger partial charge is 0.0594 e. The molecular weight excluding hydrogens is 364 g/mol. The molecule has 26 heavy (non-hydrogen) atoms. The molecule has 3 nitrogen and oxygen atoms in total. The van der Waals surface area contributed by atoms with Crippen molar-refractivity contribution < 1.29 is 4.74 Å². The second kappa shape index (κ2) is 10.8. The van der Waals surface area contributed by atoms with Crippen molar-refractivity contribution >= 4 is 29.1 Å². The lowest BCUT2D eigenvalue weighted by Crippen LogP contribution is -2.38. The van der Waals surface area contributed by atoms with Crippen LogP contribution < -0.4 is 4.90 Å².